The Morgan fingerprint density at radius 2 is 2.27 bits per heavy atom. The molecule has 22 heavy (non-hydrogen) atoms. The molecule has 1 saturated heterocycles. The number of sulfonamides is 1. The minimum Gasteiger partial charge on any atom is -0.387 e. The number of aliphatic hydroxyl groups excluding tert-OH is 1. The lowest BCUT2D eigenvalue weighted by Gasteiger charge is -2.21. The van der Waals surface area contributed by atoms with Crippen molar-refractivity contribution in [1.29, 1.82) is 0 Å². The van der Waals surface area contributed by atoms with Crippen molar-refractivity contribution in [3.8, 4) is 0 Å². The van der Waals surface area contributed by atoms with Crippen molar-refractivity contribution in [2.75, 3.05) is 6.54 Å². The van der Waals surface area contributed by atoms with E-state index >= 15 is 0 Å². The molecule has 1 aromatic heterocycles. The van der Waals surface area contributed by atoms with Crippen LogP contribution in [-0.2, 0) is 16.6 Å². The van der Waals surface area contributed by atoms with Crippen molar-refractivity contribution in [2.45, 2.75) is 30.4 Å². The van der Waals surface area contributed by atoms with Crippen molar-refractivity contribution < 1.29 is 22.4 Å². The lowest BCUT2D eigenvalue weighted by molar-refractivity contribution is 0.222. The van der Waals surface area contributed by atoms with E-state index in [9.17, 15) is 12.8 Å². The number of hydrogen-bond acceptors (Lipinski definition) is 6. The number of aromatic nitrogens is 2. The maximum Gasteiger partial charge on any atom is 0.252 e. The molecule has 2 heterocycles. The van der Waals surface area contributed by atoms with Crippen molar-refractivity contribution in [1.82, 2.24) is 14.4 Å². The summed E-state index contributed by atoms with van der Waals surface area (Å²) in [6, 6.07) is 4.31. The van der Waals surface area contributed by atoms with Gasteiger partial charge in [0.25, 0.3) is 5.89 Å². The van der Waals surface area contributed by atoms with Crippen LogP contribution in [0.5, 0.6) is 0 Å². The molecule has 118 valence electrons. The second-order valence-corrected chi connectivity index (χ2v) is 6.83. The first-order valence-corrected chi connectivity index (χ1v) is 8.17. The lowest BCUT2D eigenvalue weighted by Crippen LogP contribution is -2.31. The Hall–Kier alpha value is -1.84. The van der Waals surface area contributed by atoms with Crippen LogP contribution < -0.4 is 0 Å². The normalized spacial score (nSPS) is 19.6. The van der Waals surface area contributed by atoms with Crippen LogP contribution in [0.25, 0.3) is 0 Å². The number of halogens is 1. The van der Waals surface area contributed by atoms with E-state index < -0.39 is 28.5 Å². The van der Waals surface area contributed by atoms with Gasteiger partial charge in [0.15, 0.2) is 5.82 Å². The first kappa shape index (κ1) is 15.1. The summed E-state index contributed by atoms with van der Waals surface area (Å²) in [5.41, 5.74) is 0. The highest BCUT2D eigenvalue weighted by molar-refractivity contribution is 7.89. The minimum absolute atomic E-state index is 0.0324. The molecule has 0 aliphatic carbocycles. The summed E-state index contributed by atoms with van der Waals surface area (Å²) in [5.74, 6) is -0.370. The average molecular weight is 327 g/mol. The first-order valence-electron chi connectivity index (χ1n) is 6.73. The SMILES string of the molecule is O=S(=O)(c1cccc(F)c1)N1CCCC1c1noc(CO)n1. The van der Waals surface area contributed by atoms with Gasteiger partial charge in [-0.3, -0.25) is 0 Å². The Morgan fingerprint density at radius 3 is 2.95 bits per heavy atom. The van der Waals surface area contributed by atoms with E-state index in [4.69, 9.17) is 9.63 Å². The topological polar surface area (TPSA) is 96.5 Å². The minimum atomic E-state index is -3.85. The third-order valence-corrected chi connectivity index (χ3v) is 5.43. The van der Waals surface area contributed by atoms with Crippen LogP contribution in [0.2, 0.25) is 0 Å². The van der Waals surface area contributed by atoms with Gasteiger partial charge in [-0.15, -0.1) is 0 Å². The molecule has 1 unspecified atom stereocenters. The van der Waals surface area contributed by atoms with Gasteiger partial charge in [0.05, 0.1) is 10.9 Å². The lowest BCUT2D eigenvalue weighted by atomic mass is 10.2. The molecular weight excluding hydrogens is 313 g/mol. The largest absolute Gasteiger partial charge is 0.387 e. The smallest absolute Gasteiger partial charge is 0.252 e. The van der Waals surface area contributed by atoms with Crippen molar-refractivity contribution >= 4 is 10.0 Å². The second kappa shape index (κ2) is 5.75. The zero-order valence-corrected chi connectivity index (χ0v) is 12.3. The first-order chi connectivity index (χ1) is 10.5. The van der Waals surface area contributed by atoms with Gasteiger partial charge in [-0.05, 0) is 31.0 Å². The molecule has 0 radical (unpaired) electrons. The fourth-order valence-corrected chi connectivity index (χ4v) is 4.20. The molecule has 9 heteroatoms. The van der Waals surface area contributed by atoms with Gasteiger partial charge in [0, 0.05) is 6.54 Å². The molecular formula is C13H14FN3O4S. The fraction of sp³-hybridized carbons (Fsp3) is 0.385. The summed E-state index contributed by atoms with van der Waals surface area (Å²) in [5, 5.41) is 12.7. The number of benzene rings is 1. The summed E-state index contributed by atoms with van der Waals surface area (Å²) in [6.07, 6.45) is 1.18. The summed E-state index contributed by atoms with van der Waals surface area (Å²) < 4.78 is 44.7. The molecule has 1 fully saturated rings. The summed E-state index contributed by atoms with van der Waals surface area (Å²) in [7, 11) is -3.85. The van der Waals surface area contributed by atoms with E-state index in [1.165, 1.54) is 22.5 Å². The van der Waals surface area contributed by atoms with Crippen LogP contribution in [0.4, 0.5) is 4.39 Å². The molecule has 2 aromatic rings. The van der Waals surface area contributed by atoms with Gasteiger partial charge in [-0.25, -0.2) is 12.8 Å². The van der Waals surface area contributed by atoms with Crippen LogP contribution in [0.3, 0.4) is 0 Å². The predicted molar refractivity (Wildman–Crippen MR) is 72.5 cm³/mol. The maximum absolute atomic E-state index is 13.3. The van der Waals surface area contributed by atoms with Crippen LogP contribution in [-0.4, -0.2) is 34.5 Å². The molecule has 0 spiro atoms. The quantitative estimate of drug-likeness (QED) is 0.907. The summed E-state index contributed by atoms with van der Waals surface area (Å²) in [6.45, 7) is -0.108. The second-order valence-electron chi connectivity index (χ2n) is 4.94. The van der Waals surface area contributed by atoms with Gasteiger partial charge < -0.3 is 9.63 Å². The van der Waals surface area contributed by atoms with Gasteiger partial charge in [-0.1, -0.05) is 11.2 Å². The number of rotatable bonds is 4. The summed E-state index contributed by atoms with van der Waals surface area (Å²) >= 11 is 0. The maximum atomic E-state index is 13.3. The Kier molecular flexibility index (Phi) is 3.94. The highest BCUT2D eigenvalue weighted by atomic mass is 32.2. The molecule has 1 aliphatic heterocycles. The van der Waals surface area contributed by atoms with Crippen LogP contribution >= 0.6 is 0 Å². The van der Waals surface area contributed by atoms with E-state index in [0.717, 1.165) is 6.07 Å². The van der Waals surface area contributed by atoms with Gasteiger partial charge in [-0.2, -0.15) is 9.29 Å². The molecule has 3 rings (SSSR count). The van der Waals surface area contributed by atoms with Crippen molar-refractivity contribution in [3.63, 3.8) is 0 Å². The van der Waals surface area contributed by atoms with Crippen molar-refractivity contribution in [2.24, 2.45) is 0 Å². The standard InChI is InChI=1S/C13H14FN3O4S/c14-9-3-1-4-10(7-9)22(19,20)17-6-2-5-11(17)13-15-12(8-18)21-16-13/h1,3-4,7,11,18H,2,5-6,8H2. The van der Waals surface area contributed by atoms with Crippen LogP contribution in [0.15, 0.2) is 33.7 Å². The van der Waals surface area contributed by atoms with E-state index in [2.05, 4.69) is 10.1 Å². The molecule has 1 atom stereocenters. The van der Waals surface area contributed by atoms with Gasteiger partial charge in [0.1, 0.15) is 12.4 Å². The van der Waals surface area contributed by atoms with Crippen molar-refractivity contribution in [3.05, 3.63) is 41.8 Å². The summed E-state index contributed by atoms with van der Waals surface area (Å²) in [4.78, 5) is 3.87. The Balaban J connectivity index is 1.95. The molecule has 1 N–H and O–H groups in total. The zero-order chi connectivity index (χ0) is 15.7. The van der Waals surface area contributed by atoms with E-state index in [1.807, 2.05) is 0 Å². The average Bonchev–Trinajstić information content (AvgIpc) is 3.16. The van der Waals surface area contributed by atoms with Crippen LogP contribution in [0, 0.1) is 5.82 Å². The zero-order valence-electron chi connectivity index (χ0n) is 11.5. The van der Waals surface area contributed by atoms with E-state index in [0.29, 0.717) is 19.4 Å². The molecule has 0 amide bonds. The Morgan fingerprint density at radius 1 is 1.45 bits per heavy atom. The Labute approximate surface area is 126 Å². The number of aliphatic hydroxyl groups is 1. The Bertz CT molecular complexity index is 777. The predicted octanol–water partition coefficient (Wildman–Crippen LogP) is 1.23. The highest BCUT2D eigenvalue weighted by Gasteiger charge is 2.38. The third-order valence-electron chi connectivity index (χ3n) is 3.52. The fourth-order valence-electron chi connectivity index (χ4n) is 2.52. The molecule has 1 aromatic carbocycles. The monoisotopic (exact) mass is 327 g/mol. The van der Waals surface area contributed by atoms with E-state index in [1.54, 1.807) is 0 Å². The van der Waals surface area contributed by atoms with Crippen LogP contribution in [0.1, 0.15) is 30.6 Å². The van der Waals surface area contributed by atoms with Gasteiger partial charge >= 0.3 is 0 Å². The molecule has 0 bridgehead atoms. The number of nitrogens with zero attached hydrogens (tertiary/aromatic N) is 3. The molecule has 7 nitrogen and oxygen atoms in total. The van der Waals surface area contributed by atoms with Gasteiger partial charge in [0.2, 0.25) is 10.0 Å². The highest BCUT2D eigenvalue weighted by Crippen LogP contribution is 2.35. The molecule has 1 aliphatic rings. The number of hydrogen-bond donors (Lipinski definition) is 1. The third kappa shape index (κ3) is 2.62. The van der Waals surface area contributed by atoms with E-state index in [-0.39, 0.29) is 16.6 Å². The molecule has 0 saturated carbocycles.